The zero-order valence-corrected chi connectivity index (χ0v) is 12.8. The number of rotatable bonds is 14. The maximum atomic E-state index is 10.2. The third kappa shape index (κ3) is 17.3. The van der Waals surface area contributed by atoms with Crippen molar-refractivity contribution >= 4 is 6.09 Å². The highest BCUT2D eigenvalue weighted by molar-refractivity contribution is 5.64. The van der Waals surface area contributed by atoms with Crippen LogP contribution in [-0.2, 0) is 0 Å². The van der Waals surface area contributed by atoms with E-state index in [0.717, 1.165) is 12.8 Å². The number of nitrogens with one attached hydrogen (secondary N) is 1. The van der Waals surface area contributed by atoms with E-state index in [2.05, 4.69) is 12.2 Å². The van der Waals surface area contributed by atoms with Crippen LogP contribution in [0.3, 0.4) is 0 Å². The van der Waals surface area contributed by atoms with Gasteiger partial charge in [0.05, 0.1) is 0 Å². The van der Waals surface area contributed by atoms with Gasteiger partial charge in [0, 0.05) is 6.54 Å². The Morgan fingerprint density at radius 3 is 1.47 bits per heavy atom. The second kappa shape index (κ2) is 15.3. The van der Waals surface area contributed by atoms with Crippen LogP contribution in [-0.4, -0.2) is 17.7 Å². The molecule has 19 heavy (non-hydrogen) atoms. The van der Waals surface area contributed by atoms with Crippen molar-refractivity contribution in [2.45, 2.75) is 90.4 Å². The summed E-state index contributed by atoms with van der Waals surface area (Å²) >= 11 is 0. The van der Waals surface area contributed by atoms with Crippen molar-refractivity contribution in [3.63, 3.8) is 0 Å². The van der Waals surface area contributed by atoms with Gasteiger partial charge in [0.1, 0.15) is 0 Å². The Kier molecular flexibility index (Phi) is 14.7. The Balaban J connectivity index is 2.93. The molecular weight excluding hydrogens is 238 g/mol. The van der Waals surface area contributed by atoms with Crippen molar-refractivity contribution in [1.29, 1.82) is 0 Å². The number of carbonyl (C=O) groups is 1. The summed E-state index contributed by atoms with van der Waals surface area (Å²) in [5, 5.41) is 10.8. The maximum absolute atomic E-state index is 10.2. The molecule has 0 aromatic heterocycles. The zero-order chi connectivity index (χ0) is 14.2. The molecule has 0 unspecified atom stereocenters. The van der Waals surface area contributed by atoms with Crippen LogP contribution in [0.15, 0.2) is 0 Å². The van der Waals surface area contributed by atoms with E-state index in [1.165, 1.54) is 70.6 Å². The van der Waals surface area contributed by atoms with Gasteiger partial charge in [-0.1, -0.05) is 84.0 Å². The average Bonchev–Trinajstić information content (AvgIpc) is 2.39. The van der Waals surface area contributed by atoms with Crippen LogP contribution >= 0.6 is 0 Å². The first-order valence-electron chi connectivity index (χ1n) is 8.24. The largest absolute Gasteiger partial charge is 0.465 e. The lowest BCUT2D eigenvalue weighted by molar-refractivity contribution is 0.194. The monoisotopic (exact) mass is 271 g/mol. The lowest BCUT2D eigenvalue weighted by Gasteiger charge is -2.03. The summed E-state index contributed by atoms with van der Waals surface area (Å²) in [6.45, 7) is 2.87. The molecule has 0 spiro atoms. The Morgan fingerprint density at radius 1 is 0.737 bits per heavy atom. The van der Waals surface area contributed by atoms with Gasteiger partial charge in [0.15, 0.2) is 0 Å². The summed E-state index contributed by atoms with van der Waals surface area (Å²) in [5.41, 5.74) is 0. The van der Waals surface area contributed by atoms with Crippen molar-refractivity contribution in [3.8, 4) is 0 Å². The molecule has 2 N–H and O–H groups in total. The van der Waals surface area contributed by atoms with Gasteiger partial charge in [-0.2, -0.15) is 0 Å². The quantitative estimate of drug-likeness (QED) is 0.419. The van der Waals surface area contributed by atoms with Gasteiger partial charge in [-0.05, 0) is 6.42 Å². The van der Waals surface area contributed by atoms with Gasteiger partial charge in [0.2, 0.25) is 0 Å². The summed E-state index contributed by atoms with van der Waals surface area (Å²) in [7, 11) is 0. The van der Waals surface area contributed by atoms with Gasteiger partial charge < -0.3 is 10.4 Å². The number of unbranched alkanes of at least 4 members (excludes halogenated alkanes) is 12. The molecule has 3 heteroatoms. The molecule has 0 aliphatic rings. The molecule has 0 fully saturated rings. The molecule has 0 heterocycles. The zero-order valence-electron chi connectivity index (χ0n) is 12.8. The lowest BCUT2D eigenvalue weighted by atomic mass is 10.0. The van der Waals surface area contributed by atoms with Crippen LogP contribution in [0.25, 0.3) is 0 Å². The minimum Gasteiger partial charge on any atom is -0.465 e. The molecule has 0 rings (SSSR count). The number of carboxylic acid groups (broad SMARTS) is 1. The van der Waals surface area contributed by atoms with Crippen LogP contribution < -0.4 is 5.32 Å². The first-order valence-corrected chi connectivity index (χ1v) is 8.24. The first-order chi connectivity index (χ1) is 9.27. The second-order valence-corrected chi connectivity index (χ2v) is 5.47. The fourth-order valence-corrected chi connectivity index (χ4v) is 2.34. The molecule has 1 amide bonds. The summed E-state index contributed by atoms with van der Waals surface area (Å²) in [4.78, 5) is 10.2. The van der Waals surface area contributed by atoms with Crippen LogP contribution in [0.1, 0.15) is 90.4 Å². The molecule has 0 saturated heterocycles. The van der Waals surface area contributed by atoms with E-state index < -0.39 is 6.09 Å². The fourth-order valence-electron chi connectivity index (χ4n) is 2.34. The van der Waals surface area contributed by atoms with Crippen LogP contribution in [0.5, 0.6) is 0 Å². The lowest BCUT2D eigenvalue weighted by Crippen LogP contribution is -2.21. The number of hydrogen-bond acceptors (Lipinski definition) is 1. The standard InChI is InChI=1S/C16H33NO2/c1-2-3-4-5-6-7-8-9-10-11-12-13-14-15-17-16(18)19/h17H,2-15H2,1H3,(H,18,19). The Hall–Kier alpha value is -0.730. The van der Waals surface area contributed by atoms with Gasteiger partial charge in [0.25, 0.3) is 0 Å². The molecule has 0 aliphatic carbocycles. The van der Waals surface area contributed by atoms with Crippen molar-refractivity contribution < 1.29 is 9.90 Å². The van der Waals surface area contributed by atoms with E-state index in [1.54, 1.807) is 0 Å². The predicted molar refractivity (Wildman–Crippen MR) is 81.7 cm³/mol. The maximum Gasteiger partial charge on any atom is 0.404 e. The van der Waals surface area contributed by atoms with Gasteiger partial charge in [-0.15, -0.1) is 0 Å². The Morgan fingerprint density at radius 2 is 1.11 bits per heavy atom. The van der Waals surface area contributed by atoms with E-state index in [4.69, 9.17) is 5.11 Å². The van der Waals surface area contributed by atoms with E-state index in [-0.39, 0.29) is 0 Å². The Bertz CT molecular complexity index is 195. The van der Waals surface area contributed by atoms with Crippen molar-refractivity contribution in [1.82, 2.24) is 5.32 Å². The molecule has 0 bridgehead atoms. The topological polar surface area (TPSA) is 49.3 Å². The minimum absolute atomic E-state index is 0.604. The smallest absolute Gasteiger partial charge is 0.404 e. The van der Waals surface area contributed by atoms with Gasteiger partial charge >= 0.3 is 6.09 Å². The van der Waals surface area contributed by atoms with E-state index in [1.807, 2.05) is 0 Å². The molecule has 0 aromatic rings. The fraction of sp³-hybridized carbons (Fsp3) is 0.938. The van der Waals surface area contributed by atoms with Crippen LogP contribution in [0, 0.1) is 0 Å². The molecular formula is C16H33NO2. The first kappa shape index (κ1) is 18.3. The molecule has 0 aliphatic heterocycles. The van der Waals surface area contributed by atoms with Crippen LogP contribution in [0.2, 0.25) is 0 Å². The van der Waals surface area contributed by atoms with Crippen molar-refractivity contribution in [2.75, 3.05) is 6.54 Å². The molecule has 0 radical (unpaired) electrons. The molecule has 0 aromatic carbocycles. The second-order valence-electron chi connectivity index (χ2n) is 5.47. The minimum atomic E-state index is -0.904. The Labute approximate surface area is 119 Å². The highest BCUT2D eigenvalue weighted by atomic mass is 16.4. The molecule has 0 atom stereocenters. The SMILES string of the molecule is CCCCCCCCCCCCCCCNC(=O)O. The van der Waals surface area contributed by atoms with Gasteiger partial charge in [-0.3, -0.25) is 0 Å². The van der Waals surface area contributed by atoms with Gasteiger partial charge in [-0.25, -0.2) is 4.79 Å². The van der Waals surface area contributed by atoms with Crippen LogP contribution in [0.4, 0.5) is 4.79 Å². The van der Waals surface area contributed by atoms with E-state index in [0.29, 0.717) is 6.54 Å². The number of hydrogen-bond donors (Lipinski definition) is 2. The number of amides is 1. The third-order valence-corrected chi connectivity index (χ3v) is 3.56. The summed E-state index contributed by atoms with van der Waals surface area (Å²) in [5.74, 6) is 0. The third-order valence-electron chi connectivity index (χ3n) is 3.56. The van der Waals surface area contributed by atoms with E-state index in [9.17, 15) is 4.79 Å². The highest BCUT2D eigenvalue weighted by Gasteiger charge is 1.95. The highest BCUT2D eigenvalue weighted by Crippen LogP contribution is 2.12. The molecule has 114 valence electrons. The summed E-state index contributed by atoms with van der Waals surface area (Å²) in [6, 6.07) is 0. The molecule has 0 saturated carbocycles. The summed E-state index contributed by atoms with van der Waals surface area (Å²) in [6.07, 6.45) is 16.3. The predicted octanol–water partition coefficient (Wildman–Crippen LogP) is 5.35. The summed E-state index contributed by atoms with van der Waals surface area (Å²) < 4.78 is 0. The average molecular weight is 271 g/mol. The normalized spacial score (nSPS) is 10.6. The molecule has 3 nitrogen and oxygen atoms in total. The van der Waals surface area contributed by atoms with Crippen molar-refractivity contribution in [2.24, 2.45) is 0 Å². The van der Waals surface area contributed by atoms with Crippen molar-refractivity contribution in [3.05, 3.63) is 0 Å². The van der Waals surface area contributed by atoms with E-state index >= 15 is 0 Å².